The Bertz CT molecular complexity index is 574. The first-order valence-corrected chi connectivity index (χ1v) is 7.47. The van der Waals surface area contributed by atoms with Crippen molar-refractivity contribution in [3.05, 3.63) is 30.3 Å². The van der Waals surface area contributed by atoms with E-state index in [2.05, 4.69) is 4.74 Å². The minimum Gasteiger partial charge on any atom is -0.491 e. The van der Waals surface area contributed by atoms with Crippen LogP contribution < -0.4 is 4.74 Å². The van der Waals surface area contributed by atoms with Crippen molar-refractivity contribution >= 4 is 16.1 Å². The number of esters is 1. The molecule has 7 nitrogen and oxygen atoms in total. The summed E-state index contributed by atoms with van der Waals surface area (Å²) >= 11 is 0. The van der Waals surface area contributed by atoms with Crippen LogP contribution in [0.15, 0.2) is 30.3 Å². The molecule has 0 saturated heterocycles. The Hall–Kier alpha value is -1.78. The van der Waals surface area contributed by atoms with Crippen LogP contribution in [0.5, 0.6) is 5.75 Å². The molecule has 0 aromatic heterocycles. The van der Waals surface area contributed by atoms with Crippen LogP contribution in [0.1, 0.15) is 0 Å². The van der Waals surface area contributed by atoms with Gasteiger partial charge in [0.25, 0.3) is 0 Å². The maximum atomic E-state index is 12.8. The molecule has 1 aromatic rings. The molecule has 0 spiro atoms. The van der Waals surface area contributed by atoms with Crippen molar-refractivity contribution in [1.29, 1.82) is 0 Å². The van der Waals surface area contributed by atoms with Crippen LogP contribution in [0.2, 0.25) is 0 Å². The standard InChI is InChI=1S/C12H14F2O7S/c13-12(14,22(16,17)18)11(15)21-9-7-19-6-8-20-10-4-2-1-3-5-10/h1-5H,6-9H2,(H,16,17,18). The molecule has 0 saturated carbocycles. The summed E-state index contributed by atoms with van der Waals surface area (Å²) in [5.74, 6) is -1.73. The Labute approximate surface area is 125 Å². The average molecular weight is 340 g/mol. The predicted octanol–water partition coefficient (Wildman–Crippen LogP) is 1.11. The van der Waals surface area contributed by atoms with Gasteiger partial charge in [-0.1, -0.05) is 18.2 Å². The molecule has 0 atom stereocenters. The molecule has 124 valence electrons. The van der Waals surface area contributed by atoms with Crippen molar-refractivity contribution in [3.8, 4) is 5.75 Å². The monoisotopic (exact) mass is 340 g/mol. The lowest BCUT2D eigenvalue weighted by Gasteiger charge is -2.12. The third-order valence-corrected chi connectivity index (χ3v) is 3.08. The van der Waals surface area contributed by atoms with E-state index >= 15 is 0 Å². The second-order valence-corrected chi connectivity index (χ2v) is 5.36. The zero-order chi connectivity index (χ0) is 16.6. The number of para-hydroxylation sites is 1. The minimum atomic E-state index is -5.85. The van der Waals surface area contributed by atoms with Crippen LogP contribution in [0, 0.1) is 0 Å². The molecule has 0 unspecified atom stereocenters. The van der Waals surface area contributed by atoms with E-state index in [9.17, 15) is 22.0 Å². The van der Waals surface area contributed by atoms with Gasteiger partial charge in [0.15, 0.2) is 0 Å². The smallest absolute Gasteiger partial charge is 0.465 e. The van der Waals surface area contributed by atoms with Crippen molar-refractivity contribution in [2.75, 3.05) is 26.4 Å². The number of ether oxygens (including phenoxy) is 3. The van der Waals surface area contributed by atoms with Crippen LogP contribution >= 0.6 is 0 Å². The van der Waals surface area contributed by atoms with Crippen LogP contribution in [-0.2, 0) is 24.4 Å². The molecular formula is C12H14F2O7S. The molecular weight excluding hydrogens is 326 g/mol. The average Bonchev–Trinajstić information content (AvgIpc) is 2.45. The van der Waals surface area contributed by atoms with Gasteiger partial charge in [-0.25, -0.2) is 4.79 Å². The zero-order valence-electron chi connectivity index (χ0n) is 11.3. The molecule has 0 amide bonds. The number of alkyl halides is 2. The van der Waals surface area contributed by atoms with Gasteiger partial charge in [-0.05, 0) is 12.1 Å². The van der Waals surface area contributed by atoms with E-state index in [0.717, 1.165) is 0 Å². The van der Waals surface area contributed by atoms with Crippen LogP contribution in [0.4, 0.5) is 8.78 Å². The zero-order valence-corrected chi connectivity index (χ0v) is 12.1. The normalized spacial score (nSPS) is 12.0. The molecule has 0 aliphatic heterocycles. The molecule has 10 heteroatoms. The largest absolute Gasteiger partial charge is 0.491 e. The minimum absolute atomic E-state index is 0.112. The van der Waals surface area contributed by atoms with Gasteiger partial charge in [-0.3, -0.25) is 4.55 Å². The molecule has 0 heterocycles. The van der Waals surface area contributed by atoms with Gasteiger partial charge in [0, 0.05) is 0 Å². The number of carbonyl (C=O) groups is 1. The van der Waals surface area contributed by atoms with Gasteiger partial charge in [0.05, 0.1) is 13.2 Å². The highest BCUT2D eigenvalue weighted by atomic mass is 32.2. The Kier molecular flexibility index (Phi) is 6.65. The van der Waals surface area contributed by atoms with Crippen LogP contribution in [0.25, 0.3) is 0 Å². The molecule has 1 aromatic carbocycles. The maximum Gasteiger partial charge on any atom is 0.465 e. The lowest BCUT2D eigenvalue weighted by atomic mass is 10.3. The Morgan fingerprint density at radius 2 is 1.68 bits per heavy atom. The Morgan fingerprint density at radius 1 is 1.09 bits per heavy atom. The van der Waals surface area contributed by atoms with E-state index in [1.165, 1.54) is 0 Å². The molecule has 0 fully saturated rings. The highest BCUT2D eigenvalue weighted by Gasteiger charge is 2.54. The van der Waals surface area contributed by atoms with Crippen LogP contribution in [-0.4, -0.2) is 50.6 Å². The third-order valence-electron chi connectivity index (χ3n) is 2.26. The van der Waals surface area contributed by atoms with Crippen molar-refractivity contribution < 1.29 is 40.8 Å². The summed E-state index contributed by atoms with van der Waals surface area (Å²) in [6, 6.07) is 8.86. The summed E-state index contributed by atoms with van der Waals surface area (Å²) in [7, 11) is -5.85. The lowest BCUT2D eigenvalue weighted by molar-refractivity contribution is -0.163. The van der Waals surface area contributed by atoms with Gasteiger partial charge in [0.1, 0.15) is 19.0 Å². The summed E-state index contributed by atoms with van der Waals surface area (Å²) in [5.41, 5.74) is 0. The predicted molar refractivity (Wildman–Crippen MR) is 70.2 cm³/mol. The topological polar surface area (TPSA) is 99.1 Å². The van der Waals surface area contributed by atoms with Crippen LogP contribution in [0.3, 0.4) is 0 Å². The summed E-state index contributed by atoms with van der Waals surface area (Å²) < 4.78 is 68.4. The quantitative estimate of drug-likeness (QED) is 0.408. The second-order valence-electron chi connectivity index (χ2n) is 3.90. The summed E-state index contributed by atoms with van der Waals surface area (Å²) in [5, 5.41) is -5.00. The molecule has 22 heavy (non-hydrogen) atoms. The van der Waals surface area contributed by atoms with E-state index in [4.69, 9.17) is 14.0 Å². The Balaban J connectivity index is 2.14. The second kappa shape index (κ2) is 8.01. The highest BCUT2D eigenvalue weighted by molar-refractivity contribution is 7.87. The van der Waals surface area contributed by atoms with Gasteiger partial charge in [-0.2, -0.15) is 17.2 Å². The van der Waals surface area contributed by atoms with E-state index in [-0.39, 0.29) is 19.8 Å². The Morgan fingerprint density at radius 3 is 2.27 bits per heavy atom. The number of benzene rings is 1. The first-order valence-electron chi connectivity index (χ1n) is 6.03. The lowest BCUT2D eigenvalue weighted by Crippen LogP contribution is -2.39. The van der Waals surface area contributed by atoms with Crippen molar-refractivity contribution in [2.45, 2.75) is 5.25 Å². The summed E-state index contributed by atoms with van der Waals surface area (Å²) in [4.78, 5) is 10.8. The SMILES string of the molecule is O=C(OCCOCCOc1ccccc1)C(F)(F)S(=O)(=O)O. The van der Waals surface area contributed by atoms with Crippen molar-refractivity contribution in [1.82, 2.24) is 0 Å². The first kappa shape index (κ1) is 18.3. The van der Waals surface area contributed by atoms with Gasteiger partial charge in [-0.15, -0.1) is 0 Å². The van der Waals surface area contributed by atoms with Crippen molar-refractivity contribution in [3.63, 3.8) is 0 Å². The summed E-state index contributed by atoms with van der Waals surface area (Å²) in [6.45, 7) is -0.513. The molecule has 1 N–H and O–H groups in total. The fourth-order valence-electron chi connectivity index (χ4n) is 1.22. The van der Waals surface area contributed by atoms with E-state index < -0.39 is 27.9 Å². The number of hydrogen-bond acceptors (Lipinski definition) is 6. The van der Waals surface area contributed by atoms with Gasteiger partial charge >= 0.3 is 21.3 Å². The van der Waals surface area contributed by atoms with Gasteiger partial charge < -0.3 is 14.2 Å². The fraction of sp³-hybridized carbons (Fsp3) is 0.417. The number of rotatable bonds is 9. The molecule has 0 radical (unpaired) electrons. The van der Waals surface area contributed by atoms with Gasteiger partial charge in [0.2, 0.25) is 0 Å². The summed E-state index contributed by atoms with van der Waals surface area (Å²) in [6.07, 6.45) is 0. The molecule has 1 rings (SSSR count). The number of halogens is 2. The number of carbonyl (C=O) groups excluding carboxylic acids is 1. The van der Waals surface area contributed by atoms with E-state index in [1.54, 1.807) is 24.3 Å². The van der Waals surface area contributed by atoms with E-state index in [0.29, 0.717) is 5.75 Å². The third kappa shape index (κ3) is 5.54. The number of hydrogen-bond donors (Lipinski definition) is 1. The highest BCUT2D eigenvalue weighted by Crippen LogP contribution is 2.21. The fourth-order valence-corrected chi connectivity index (χ4v) is 1.49. The van der Waals surface area contributed by atoms with E-state index in [1.807, 2.05) is 6.07 Å². The molecule has 0 aliphatic carbocycles. The van der Waals surface area contributed by atoms with Crippen molar-refractivity contribution in [2.24, 2.45) is 0 Å². The first-order chi connectivity index (χ1) is 10.2. The molecule has 0 aliphatic rings. The maximum absolute atomic E-state index is 12.8. The molecule has 0 bridgehead atoms.